The summed E-state index contributed by atoms with van der Waals surface area (Å²) in [5, 5.41) is 11.2. The maximum absolute atomic E-state index is 11.1. The van der Waals surface area contributed by atoms with Crippen LogP contribution in [0.4, 0.5) is 0 Å². The maximum Gasteiger partial charge on any atom is 0.223 e. The number of hydrogen-bond acceptors (Lipinski definition) is 4. The predicted molar refractivity (Wildman–Crippen MR) is 53.0 cm³/mol. The summed E-state index contributed by atoms with van der Waals surface area (Å²) in [4.78, 5) is 22.0. The zero-order chi connectivity index (χ0) is 9.84. The minimum atomic E-state index is -0.709. The van der Waals surface area contributed by atoms with E-state index in [4.69, 9.17) is 10.8 Å². The summed E-state index contributed by atoms with van der Waals surface area (Å²) in [6.45, 7) is 0.110. The predicted octanol–water partition coefficient (Wildman–Crippen LogP) is -1.18. The first-order valence-corrected chi connectivity index (χ1v) is 4.32. The van der Waals surface area contributed by atoms with Crippen molar-refractivity contribution in [3.8, 4) is 0 Å². The van der Waals surface area contributed by atoms with Gasteiger partial charge in [-0.3, -0.25) is 9.59 Å². The normalized spacial score (nSPS) is 22.4. The Morgan fingerprint density at radius 3 is 2.79 bits per heavy atom. The van der Waals surface area contributed by atoms with Gasteiger partial charge in [0.25, 0.3) is 0 Å². The molecule has 0 aromatic heterocycles. The molecular formula is C8H15ClN2O3. The maximum atomic E-state index is 11.1. The van der Waals surface area contributed by atoms with Crippen LogP contribution in [0.3, 0.4) is 0 Å². The Bertz CT molecular complexity index is 223. The highest BCUT2D eigenvalue weighted by Gasteiger charge is 2.27. The van der Waals surface area contributed by atoms with E-state index in [0.717, 1.165) is 6.42 Å². The lowest BCUT2D eigenvalue weighted by molar-refractivity contribution is -0.125. The lowest BCUT2D eigenvalue weighted by Gasteiger charge is -2.11. The van der Waals surface area contributed by atoms with Crippen molar-refractivity contribution in [3.63, 3.8) is 0 Å². The highest BCUT2D eigenvalue weighted by molar-refractivity contribution is 5.86. The molecule has 1 rings (SSSR count). The molecule has 0 saturated carbocycles. The molecule has 1 heterocycles. The number of nitrogens with two attached hydrogens (primary N) is 1. The van der Waals surface area contributed by atoms with E-state index < -0.39 is 18.4 Å². The lowest BCUT2D eigenvalue weighted by Crippen LogP contribution is -2.36. The third-order valence-corrected chi connectivity index (χ3v) is 2.27. The smallest absolute Gasteiger partial charge is 0.223 e. The van der Waals surface area contributed by atoms with Crippen molar-refractivity contribution < 1.29 is 14.7 Å². The summed E-state index contributed by atoms with van der Waals surface area (Å²) < 4.78 is 0. The molecule has 1 aliphatic heterocycles. The van der Waals surface area contributed by atoms with Crippen molar-refractivity contribution in [2.24, 2.45) is 11.7 Å². The van der Waals surface area contributed by atoms with E-state index in [1.54, 1.807) is 0 Å². The van der Waals surface area contributed by atoms with Crippen LogP contribution in [0.15, 0.2) is 0 Å². The van der Waals surface area contributed by atoms with E-state index >= 15 is 0 Å². The Balaban J connectivity index is 0.00000169. The molecular weight excluding hydrogens is 208 g/mol. The van der Waals surface area contributed by atoms with Crippen molar-refractivity contribution in [1.82, 2.24) is 5.32 Å². The number of Topliss-reactive ketones (excluding diaryl/α,β-unsaturated/α-hetero) is 1. The second kappa shape index (κ2) is 5.95. The number of halogens is 1. The molecule has 1 saturated heterocycles. The second-order valence-electron chi connectivity index (χ2n) is 3.24. The molecule has 0 aromatic carbocycles. The number of ketones is 1. The molecule has 5 nitrogen and oxygen atoms in total. The van der Waals surface area contributed by atoms with Crippen LogP contribution in [-0.4, -0.2) is 36.0 Å². The van der Waals surface area contributed by atoms with E-state index in [9.17, 15) is 9.59 Å². The molecule has 0 bridgehead atoms. The quantitative estimate of drug-likeness (QED) is 0.559. The number of aliphatic hydroxyl groups excluding tert-OH is 1. The Labute approximate surface area is 88.4 Å². The zero-order valence-corrected chi connectivity index (χ0v) is 8.55. The third kappa shape index (κ3) is 3.25. The van der Waals surface area contributed by atoms with Crippen LogP contribution in [0.5, 0.6) is 0 Å². The molecule has 82 valence electrons. The van der Waals surface area contributed by atoms with Gasteiger partial charge >= 0.3 is 0 Å². The standard InChI is InChI=1S/C8H14N2O3.ClH/c9-6(7(12)4-11)3-5-1-2-10-8(5)13;/h5-6,11H,1-4,9H2,(H,10,13);1H/t5-,6-;/m0./s1. The summed E-state index contributed by atoms with van der Waals surface area (Å²) >= 11 is 0. The van der Waals surface area contributed by atoms with Crippen LogP contribution < -0.4 is 11.1 Å². The number of hydrogen-bond donors (Lipinski definition) is 3. The molecule has 1 aliphatic rings. The first kappa shape index (κ1) is 13.4. The van der Waals surface area contributed by atoms with Gasteiger partial charge in [-0.1, -0.05) is 0 Å². The fourth-order valence-electron chi connectivity index (χ4n) is 1.43. The third-order valence-electron chi connectivity index (χ3n) is 2.27. The molecule has 14 heavy (non-hydrogen) atoms. The summed E-state index contributed by atoms with van der Waals surface area (Å²) in [5.41, 5.74) is 5.48. The number of nitrogens with one attached hydrogen (secondary N) is 1. The van der Waals surface area contributed by atoms with Gasteiger partial charge in [0.2, 0.25) is 5.91 Å². The van der Waals surface area contributed by atoms with Crippen LogP contribution in [0.2, 0.25) is 0 Å². The van der Waals surface area contributed by atoms with Crippen molar-refractivity contribution in [2.75, 3.05) is 13.2 Å². The fraction of sp³-hybridized carbons (Fsp3) is 0.750. The molecule has 0 aliphatic carbocycles. The average Bonchev–Trinajstić information content (AvgIpc) is 2.50. The first-order valence-electron chi connectivity index (χ1n) is 4.32. The summed E-state index contributed by atoms with van der Waals surface area (Å²) in [6.07, 6.45) is 1.07. The van der Waals surface area contributed by atoms with Gasteiger partial charge in [-0.2, -0.15) is 0 Å². The molecule has 1 amide bonds. The van der Waals surface area contributed by atoms with E-state index in [1.807, 2.05) is 0 Å². The van der Waals surface area contributed by atoms with Gasteiger partial charge in [0, 0.05) is 12.5 Å². The monoisotopic (exact) mass is 222 g/mol. The number of amides is 1. The van der Waals surface area contributed by atoms with E-state index in [2.05, 4.69) is 5.32 Å². The molecule has 4 N–H and O–H groups in total. The molecule has 6 heteroatoms. The van der Waals surface area contributed by atoms with Crippen LogP contribution in [-0.2, 0) is 9.59 Å². The second-order valence-corrected chi connectivity index (χ2v) is 3.24. The van der Waals surface area contributed by atoms with E-state index in [1.165, 1.54) is 0 Å². The minimum absolute atomic E-state index is 0. The lowest BCUT2D eigenvalue weighted by atomic mass is 9.97. The van der Waals surface area contributed by atoms with Crippen LogP contribution in [0, 0.1) is 5.92 Å². The fourth-order valence-corrected chi connectivity index (χ4v) is 1.43. The van der Waals surface area contributed by atoms with Crippen LogP contribution >= 0.6 is 12.4 Å². The number of carbonyl (C=O) groups is 2. The molecule has 1 fully saturated rings. The van der Waals surface area contributed by atoms with Gasteiger partial charge in [-0.15, -0.1) is 12.4 Å². The molecule has 0 aromatic rings. The summed E-state index contributed by atoms with van der Waals surface area (Å²) in [7, 11) is 0. The van der Waals surface area contributed by atoms with Gasteiger partial charge in [-0.25, -0.2) is 0 Å². The number of rotatable bonds is 4. The van der Waals surface area contributed by atoms with Crippen LogP contribution in [0.25, 0.3) is 0 Å². The Morgan fingerprint density at radius 1 is 1.71 bits per heavy atom. The highest BCUT2D eigenvalue weighted by Crippen LogP contribution is 2.15. The van der Waals surface area contributed by atoms with Gasteiger partial charge < -0.3 is 16.2 Å². The molecule has 0 spiro atoms. The van der Waals surface area contributed by atoms with Gasteiger partial charge in [0.15, 0.2) is 5.78 Å². The summed E-state index contributed by atoms with van der Waals surface area (Å²) in [5.74, 6) is -0.605. The minimum Gasteiger partial charge on any atom is -0.389 e. The van der Waals surface area contributed by atoms with Crippen molar-refractivity contribution in [2.45, 2.75) is 18.9 Å². The first-order chi connectivity index (χ1) is 6.15. The molecule has 0 unspecified atom stereocenters. The molecule has 0 radical (unpaired) electrons. The van der Waals surface area contributed by atoms with Crippen molar-refractivity contribution >= 4 is 24.1 Å². The Kier molecular flexibility index (Phi) is 5.68. The number of carbonyl (C=O) groups excluding carboxylic acids is 2. The van der Waals surface area contributed by atoms with Gasteiger partial charge in [0.05, 0.1) is 6.04 Å². The number of aliphatic hydroxyl groups is 1. The highest BCUT2D eigenvalue weighted by atomic mass is 35.5. The Morgan fingerprint density at radius 2 is 2.36 bits per heavy atom. The van der Waals surface area contributed by atoms with Crippen molar-refractivity contribution in [1.29, 1.82) is 0 Å². The largest absolute Gasteiger partial charge is 0.389 e. The SMILES string of the molecule is Cl.N[C@@H](C[C@@H]1CCNC1=O)C(=O)CO. The summed E-state index contributed by atoms with van der Waals surface area (Å²) in [6, 6.07) is -0.709. The van der Waals surface area contributed by atoms with Gasteiger partial charge in [0.1, 0.15) is 6.61 Å². The van der Waals surface area contributed by atoms with E-state index in [-0.39, 0.29) is 24.2 Å². The molecule has 2 atom stereocenters. The van der Waals surface area contributed by atoms with Crippen molar-refractivity contribution in [3.05, 3.63) is 0 Å². The topological polar surface area (TPSA) is 92.4 Å². The van der Waals surface area contributed by atoms with E-state index in [0.29, 0.717) is 13.0 Å². The zero-order valence-electron chi connectivity index (χ0n) is 7.73. The average molecular weight is 223 g/mol. The Hall–Kier alpha value is -0.650. The van der Waals surface area contributed by atoms with Crippen LogP contribution in [0.1, 0.15) is 12.8 Å². The van der Waals surface area contributed by atoms with Gasteiger partial charge in [-0.05, 0) is 12.8 Å².